The lowest BCUT2D eigenvalue weighted by atomic mass is 10.1. The zero-order valence-electron chi connectivity index (χ0n) is 20.2. The molecule has 3 aromatic rings. The van der Waals surface area contributed by atoms with Crippen LogP contribution in [0.1, 0.15) is 26.1 Å². The minimum atomic E-state index is 0.306. The average Bonchev–Trinajstić information content (AvgIpc) is 3.27. The summed E-state index contributed by atoms with van der Waals surface area (Å²) >= 11 is 1.71. The van der Waals surface area contributed by atoms with Crippen LogP contribution in [-0.4, -0.2) is 84.5 Å². The van der Waals surface area contributed by atoms with Crippen molar-refractivity contribution < 1.29 is 9.47 Å². The van der Waals surface area contributed by atoms with Crippen molar-refractivity contribution in [1.82, 2.24) is 19.8 Å². The highest BCUT2D eigenvalue weighted by Gasteiger charge is 2.22. The minimum Gasteiger partial charge on any atom is -0.379 e. The number of nitrogens with zero attached hydrogens (tertiary/aromatic N) is 4. The van der Waals surface area contributed by atoms with Gasteiger partial charge in [-0.15, -0.1) is 11.3 Å². The maximum absolute atomic E-state index is 5.88. The molecular formula is C26H35N5O2S. The molecule has 0 amide bonds. The Morgan fingerprint density at radius 3 is 2.56 bits per heavy atom. The highest BCUT2D eigenvalue weighted by molar-refractivity contribution is 7.17. The second-order valence-electron chi connectivity index (χ2n) is 9.37. The molecule has 2 aliphatic heterocycles. The van der Waals surface area contributed by atoms with Crippen molar-refractivity contribution in [3.63, 3.8) is 0 Å². The summed E-state index contributed by atoms with van der Waals surface area (Å²) in [6, 6.07) is 10.6. The maximum Gasteiger partial charge on any atom is 0.146 e. The number of anilines is 1. The molecule has 182 valence electrons. The smallest absolute Gasteiger partial charge is 0.146 e. The predicted octanol–water partition coefficient (Wildman–Crippen LogP) is 4.10. The molecule has 2 saturated heterocycles. The fraction of sp³-hybridized carbons (Fsp3) is 0.538. The molecule has 2 unspecified atom stereocenters. The monoisotopic (exact) mass is 481 g/mol. The SMILES string of the molecule is CC1CN(CCCNc2nc(CN3CCOCC3)nc3scc(-c4ccccc4)c23)CC(C)O1. The van der Waals surface area contributed by atoms with Gasteiger partial charge in [-0.3, -0.25) is 9.80 Å². The summed E-state index contributed by atoms with van der Waals surface area (Å²) in [6.45, 7) is 12.5. The Kier molecular flexibility index (Phi) is 7.71. The second-order valence-corrected chi connectivity index (χ2v) is 10.2. The van der Waals surface area contributed by atoms with Gasteiger partial charge in [-0.2, -0.15) is 0 Å². The van der Waals surface area contributed by atoms with Crippen molar-refractivity contribution in [2.24, 2.45) is 0 Å². The Morgan fingerprint density at radius 1 is 1.03 bits per heavy atom. The first-order chi connectivity index (χ1) is 16.7. The Morgan fingerprint density at radius 2 is 1.79 bits per heavy atom. The van der Waals surface area contributed by atoms with E-state index < -0.39 is 0 Å². The number of hydrogen-bond donors (Lipinski definition) is 1. The van der Waals surface area contributed by atoms with E-state index in [0.29, 0.717) is 12.2 Å². The number of ether oxygens (including phenoxy) is 2. The van der Waals surface area contributed by atoms with Crippen molar-refractivity contribution in [2.75, 3.05) is 57.8 Å². The van der Waals surface area contributed by atoms with Gasteiger partial charge in [-0.05, 0) is 25.8 Å². The summed E-state index contributed by atoms with van der Waals surface area (Å²) in [5.41, 5.74) is 2.41. The number of thiophene rings is 1. The predicted molar refractivity (Wildman–Crippen MR) is 139 cm³/mol. The third kappa shape index (κ3) is 5.75. The molecule has 2 aromatic heterocycles. The van der Waals surface area contributed by atoms with E-state index in [1.165, 1.54) is 11.1 Å². The van der Waals surface area contributed by atoms with E-state index in [9.17, 15) is 0 Å². The number of hydrogen-bond acceptors (Lipinski definition) is 8. The summed E-state index contributed by atoms with van der Waals surface area (Å²) in [6.07, 6.45) is 1.68. The standard InChI is InChI=1S/C26H35N5O2S/c1-19-15-31(16-20(2)33-19)10-6-9-27-25-24-22(21-7-4-3-5-8-21)18-34-26(24)29-23(28-25)17-30-11-13-32-14-12-30/h3-5,7-8,18-20H,6,9-17H2,1-2H3,(H,27,28,29). The van der Waals surface area contributed by atoms with Crippen LogP contribution in [0.2, 0.25) is 0 Å². The van der Waals surface area contributed by atoms with E-state index in [4.69, 9.17) is 19.4 Å². The quantitative estimate of drug-likeness (QED) is 0.486. The highest BCUT2D eigenvalue weighted by Crippen LogP contribution is 2.37. The van der Waals surface area contributed by atoms with Gasteiger partial charge in [-0.25, -0.2) is 9.97 Å². The fourth-order valence-electron chi connectivity index (χ4n) is 4.95. The van der Waals surface area contributed by atoms with Gasteiger partial charge < -0.3 is 14.8 Å². The van der Waals surface area contributed by atoms with Gasteiger partial charge in [0.1, 0.15) is 16.5 Å². The first-order valence-corrected chi connectivity index (χ1v) is 13.3. The normalized spacial score (nSPS) is 22.3. The van der Waals surface area contributed by atoms with Gasteiger partial charge in [0.05, 0.1) is 37.4 Å². The molecular weight excluding hydrogens is 446 g/mol. The maximum atomic E-state index is 5.88. The average molecular weight is 482 g/mol. The Hall–Kier alpha value is -2.10. The summed E-state index contributed by atoms with van der Waals surface area (Å²) < 4.78 is 11.4. The largest absolute Gasteiger partial charge is 0.379 e. The lowest BCUT2D eigenvalue weighted by Crippen LogP contribution is -2.45. The van der Waals surface area contributed by atoms with Gasteiger partial charge in [0.25, 0.3) is 0 Å². The number of morpholine rings is 2. The van der Waals surface area contributed by atoms with E-state index in [-0.39, 0.29) is 0 Å². The van der Waals surface area contributed by atoms with Crippen molar-refractivity contribution >= 4 is 27.4 Å². The highest BCUT2D eigenvalue weighted by atomic mass is 32.1. The molecule has 8 heteroatoms. The summed E-state index contributed by atoms with van der Waals surface area (Å²) in [5.74, 6) is 1.84. The molecule has 1 aromatic carbocycles. The lowest BCUT2D eigenvalue weighted by molar-refractivity contribution is -0.0678. The first-order valence-electron chi connectivity index (χ1n) is 12.4. The van der Waals surface area contributed by atoms with Crippen LogP contribution >= 0.6 is 11.3 Å². The van der Waals surface area contributed by atoms with Crippen LogP contribution in [0.15, 0.2) is 35.7 Å². The minimum absolute atomic E-state index is 0.306. The Bertz CT molecular complexity index is 1060. The third-order valence-corrected chi connectivity index (χ3v) is 7.34. The van der Waals surface area contributed by atoms with Crippen molar-refractivity contribution in [3.8, 4) is 11.1 Å². The van der Waals surface area contributed by atoms with E-state index >= 15 is 0 Å². The molecule has 0 bridgehead atoms. The van der Waals surface area contributed by atoms with E-state index in [1.54, 1.807) is 11.3 Å². The molecule has 0 aliphatic carbocycles. The number of benzene rings is 1. The Balaban J connectivity index is 1.34. The van der Waals surface area contributed by atoms with Gasteiger partial charge in [0.15, 0.2) is 0 Å². The molecule has 2 fully saturated rings. The van der Waals surface area contributed by atoms with Gasteiger partial charge >= 0.3 is 0 Å². The number of fused-ring (bicyclic) bond motifs is 1. The summed E-state index contributed by atoms with van der Waals surface area (Å²) in [5, 5.41) is 7.03. The van der Waals surface area contributed by atoms with Crippen LogP contribution in [0.5, 0.6) is 0 Å². The molecule has 0 radical (unpaired) electrons. The van der Waals surface area contributed by atoms with E-state index in [2.05, 4.69) is 64.7 Å². The van der Waals surface area contributed by atoms with Gasteiger partial charge in [0.2, 0.25) is 0 Å². The van der Waals surface area contributed by atoms with Gasteiger partial charge in [-0.1, -0.05) is 30.3 Å². The van der Waals surface area contributed by atoms with Crippen molar-refractivity contribution in [1.29, 1.82) is 0 Å². The van der Waals surface area contributed by atoms with Crippen LogP contribution in [0.25, 0.3) is 21.3 Å². The van der Waals surface area contributed by atoms with Crippen LogP contribution in [-0.2, 0) is 16.0 Å². The third-order valence-electron chi connectivity index (χ3n) is 6.47. The number of aromatic nitrogens is 2. The fourth-order valence-corrected chi connectivity index (χ4v) is 5.92. The van der Waals surface area contributed by atoms with Crippen molar-refractivity contribution in [3.05, 3.63) is 41.5 Å². The molecule has 2 atom stereocenters. The topological polar surface area (TPSA) is 62.8 Å². The first kappa shape index (κ1) is 23.6. The molecule has 0 saturated carbocycles. The zero-order valence-corrected chi connectivity index (χ0v) is 21.0. The molecule has 0 spiro atoms. The van der Waals surface area contributed by atoms with Crippen molar-refractivity contribution in [2.45, 2.75) is 39.0 Å². The van der Waals surface area contributed by atoms with E-state index in [1.807, 2.05) is 0 Å². The lowest BCUT2D eigenvalue weighted by Gasteiger charge is -2.35. The molecule has 5 rings (SSSR count). The molecule has 1 N–H and O–H groups in total. The Labute approximate surface area is 206 Å². The van der Waals surface area contributed by atoms with Crippen LogP contribution in [0.3, 0.4) is 0 Å². The molecule has 7 nitrogen and oxygen atoms in total. The van der Waals surface area contributed by atoms with Crippen LogP contribution < -0.4 is 5.32 Å². The van der Waals surface area contributed by atoms with E-state index in [0.717, 1.165) is 87.3 Å². The number of rotatable bonds is 8. The number of nitrogens with one attached hydrogen (secondary N) is 1. The summed E-state index contributed by atoms with van der Waals surface area (Å²) in [7, 11) is 0. The molecule has 34 heavy (non-hydrogen) atoms. The molecule has 4 heterocycles. The van der Waals surface area contributed by atoms with Crippen LogP contribution in [0, 0.1) is 0 Å². The summed E-state index contributed by atoms with van der Waals surface area (Å²) in [4.78, 5) is 15.9. The second kappa shape index (κ2) is 11.1. The van der Waals surface area contributed by atoms with Crippen LogP contribution in [0.4, 0.5) is 5.82 Å². The van der Waals surface area contributed by atoms with Gasteiger partial charge in [0, 0.05) is 50.2 Å². The molecule has 2 aliphatic rings. The zero-order chi connectivity index (χ0) is 23.3.